The summed E-state index contributed by atoms with van der Waals surface area (Å²) in [5.74, 6) is 0.815. The number of likely N-dealkylation sites (tertiary alicyclic amines) is 1. The Balaban J connectivity index is 2.04. The molecule has 2 N–H and O–H groups in total. The number of rotatable bonds is 4. The molecule has 0 amide bonds. The van der Waals surface area contributed by atoms with Crippen molar-refractivity contribution in [2.75, 3.05) is 27.2 Å². The maximum absolute atomic E-state index is 10.0. The predicted molar refractivity (Wildman–Crippen MR) is 67.4 cm³/mol. The second-order valence-corrected chi connectivity index (χ2v) is 4.48. The lowest BCUT2D eigenvalue weighted by molar-refractivity contribution is 0.311. The second-order valence-electron chi connectivity index (χ2n) is 4.48. The first-order valence-electron chi connectivity index (χ1n) is 5.99. The molecule has 1 saturated heterocycles. The summed E-state index contributed by atoms with van der Waals surface area (Å²) in [6, 6.07) is 6.21. The standard InChI is InChI=1S/C13H20N2O2/c1-14-11-6-7-15(9-11)8-10-4-3-5-12(17-2)13(10)16/h3-5,11,14,16H,6-9H2,1-2H3. The first-order valence-corrected chi connectivity index (χ1v) is 5.99. The van der Waals surface area contributed by atoms with Crippen LogP contribution in [-0.2, 0) is 6.54 Å². The lowest BCUT2D eigenvalue weighted by Crippen LogP contribution is -2.29. The van der Waals surface area contributed by atoms with Crippen molar-refractivity contribution < 1.29 is 9.84 Å². The van der Waals surface area contributed by atoms with E-state index in [9.17, 15) is 5.11 Å². The van der Waals surface area contributed by atoms with Gasteiger partial charge in [-0.3, -0.25) is 4.90 Å². The number of aromatic hydroxyl groups is 1. The van der Waals surface area contributed by atoms with Crippen LogP contribution in [0.3, 0.4) is 0 Å². The van der Waals surface area contributed by atoms with Gasteiger partial charge in [-0.15, -0.1) is 0 Å². The summed E-state index contributed by atoms with van der Waals surface area (Å²) in [5, 5.41) is 13.3. The second kappa shape index (κ2) is 5.38. The van der Waals surface area contributed by atoms with E-state index in [0.717, 1.165) is 25.2 Å². The molecule has 0 spiro atoms. The first kappa shape index (κ1) is 12.2. The van der Waals surface area contributed by atoms with Crippen LogP contribution in [0.15, 0.2) is 18.2 Å². The zero-order valence-electron chi connectivity index (χ0n) is 10.4. The molecule has 1 unspecified atom stereocenters. The van der Waals surface area contributed by atoms with Gasteiger partial charge in [-0.1, -0.05) is 12.1 Å². The number of para-hydroxylation sites is 1. The molecule has 0 saturated carbocycles. The third kappa shape index (κ3) is 2.70. The first-order chi connectivity index (χ1) is 8.24. The van der Waals surface area contributed by atoms with E-state index < -0.39 is 0 Å². The molecule has 17 heavy (non-hydrogen) atoms. The zero-order chi connectivity index (χ0) is 12.3. The van der Waals surface area contributed by atoms with Gasteiger partial charge in [0.1, 0.15) is 0 Å². The highest BCUT2D eigenvalue weighted by Gasteiger charge is 2.22. The van der Waals surface area contributed by atoms with Gasteiger partial charge in [0.25, 0.3) is 0 Å². The number of likely N-dealkylation sites (N-methyl/N-ethyl adjacent to an activating group) is 1. The number of nitrogens with zero attached hydrogens (tertiary/aromatic N) is 1. The fourth-order valence-corrected chi connectivity index (χ4v) is 2.31. The quantitative estimate of drug-likeness (QED) is 0.824. The van der Waals surface area contributed by atoms with Crippen LogP contribution < -0.4 is 10.1 Å². The van der Waals surface area contributed by atoms with E-state index in [-0.39, 0.29) is 5.75 Å². The van der Waals surface area contributed by atoms with Crippen LogP contribution >= 0.6 is 0 Å². The lowest BCUT2D eigenvalue weighted by atomic mass is 10.1. The summed E-state index contributed by atoms with van der Waals surface area (Å²) in [4.78, 5) is 2.34. The van der Waals surface area contributed by atoms with Crippen molar-refractivity contribution >= 4 is 0 Å². The van der Waals surface area contributed by atoms with Crippen LogP contribution in [0.4, 0.5) is 0 Å². The Morgan fingerprint density at radius 2 is 2.35 bits per heavy atom. The maximum Gasteiger partial charge on any atom is 0.162 e. The number of hydrogen-bond donors (Lipinski definition) is 2. The van der Waals surface area contributed by atoms with Gasteiger partial charge < -0.3 is 15.2 Å². The Morgan fingerprint density at radius 1 is 1.53 bits per heavy atom. The molecule has 1 fully saturated rings. The predicted octanol–water partition coefficient (Wildman–Crippen LogP) is 1.19. The number of ether oxygens (including phenoxy) is 1. The molecule has 0 bridgehead atoms. The van der Waals surface area contributed by atoms with Crippen LogP contribution in [0, 0.1) is 0 Å². The van der Waals surface area contributed by atoms with Crippen LogP contribution in [0.2, 0.25) is 0 Å². The fraction of sp³-hybridized carbons (Fsp3) is 0.538. The number of hydrogen-bond acceptors (Lipinski definition) is 4. The molecule has 1 heterocycles. The van der Waals surface area contributed by atoms with Crippen LogP contribution in [0.1, 0.15) is 12.0 Å². The van der Waals surface area contributed by atoms with E-state index in [1.54, 1.807) is 13.2 Å². The van der Waals surface area contributed by atoms with Gasteiger partial charge in [0, 0.05) is 31.2 Å². The Labute approximate surface area is 102 Å². The van der Waals surface area contributed by atoms with Crippen molar-refractivity contribution in [1.29, 1.82) is 0 Å². The van der Waals surface area contributed by atoms with Gasteiger partial charge in [0.2, 0.25) is 0 Å². The van der Waals surface area contributed by atoms with Crippen LogP contribution in [0.5, 0.6) is 11.5 Å². The molecule has 4 heteroatoms. The van der Waals surface area contributed by atoms with Gasteiger partial charge in [-0.25, -0.2) is 0 Å². The number of phenolic OH excluding ortho intramolecular Hbond substituents is 1. The van der Waals surface area contributed by atoms with Crippen molar-refractivity contribution in [2.24, 2.45) is 0 Å². The number of nitrogens with one attached hydrogen (secondary N) is 1. The Kier molecular flexibility index (Phi) is 3.86. The van der Waals surface area contributed by atoms with Crippen molar-refractivity contribution in [3.63, 3.8) is 0 Å². The molecule has 1 aromatic rings. The summed E-state index contributed by atoms with van der Waals surface area (Å²) < 4.78 is 5.11. The number of benzene rings is 1. The molecule has 1 aromatic carbocycles. The molecule has 94 valence electrons. The van der Waals surface area contributed by atoms with Gasteiger partial charge in [0.15, 0.2) is 11.5 Å². The van der Waals surface area contributed by atoms with E-state index >= 15 is 0 Å². The molecule has 0 aliphatic carbocycles. The molecular formula is C13H20N2O2. The summed E-state index contributed by atoms with van der Waals surface area (Å²) in [5.41, 5.74) is 0.932. The van der Waals surface area contributed by atoms with Crippen molar-refractivity contribution in [2.45, 2.75) is 19.0 Å². The van der Waals surface area contributed by atoms with Crippen LogP contribution in [-0.4, -0.2) is 43.3 Å². The Morgan fingerprint density at radius 3 is 3.00 bits per heavy atom. The molecule has 1 aliphatic rings. The van der Waals surface area contributed by atoms with Gasteiger partial charge in [-0.2, -0.15) is 0 Å². The van der Waals surface area contributed by atoms with Crippen LogP contribution in [0.25, 0.3) is 0 Å². The summed E-state index contributed by atoms with van der Waals surface area (Å²) >= 11 is 0. The Bertz CT molecular complexity index is 382. The highest BCUT2D eigenvalue weighted by Crippen LogP contribution is 2.30. The van der Waals surface area contributed by atoms with Crippen molar-refractivity contribution in [1.82, 2.24) is 10.2 Å². The minimum Gasteiger partial charge on any atom is -0.504 e. The molecule has 1 aliphatic heterocycles. The largest absolute Gasteiger partial charge is 0.504 e. The average molecular weight is 236 g/mol. The van der Waals surface area contributed by atoms with E-state index in [1.807, 2.05) is 19.2 Å². The molecule has 4 nitrogen and oxygen atoms in total. The van der Waals surface area contributed by atoms with E-state index in [2.05, 4.69) is 10.2 Å². The lowest BCUT2D eigenvalue weighted by Gasteiger charge is -2.17. The number of methoxy groups -OCH3 is 1. The van der Waals surface area contributed by atoms with E-state index in [0.29, 0.717) is 11.8 Å². The smallest absolute Gasteiger partial charge is 0.162 e. The third-order valence-electron chi connectivity index (χ3n) is 3.38. The summed E-state index contributed by atoms with van der Waals surface area (Å²) in [7, 11) is 3.57. The van der Waals surface area contributed by atoms with Crippen molar-refractivity contribution in [3.05, 3.63) is 23.8 Å². The van der Waals surface area contributed by atoms with E-state index in [1.165, 1.54) is 6.42 Å². The minimum atomic E-state index is 0.267. The average Bonchev–Trinajstić information content (AvgIpc) is 2.79. The zero-order valence-corrected chi connectivity index (χ0v) is 10.4. The Hall–Kier alpha value is -1.26. The SMILES string of the molecule is CNC1CCN(Cc2cccc(OC)c2O)C1. The van der Waals surface area contributed by atoms with Gasteiger partial charge >= 0.3 is 0 Å². The fourth-order valence-electron chi connectivity index (χ4n) is 2.31. The molecule has 0 aromatic heterocycles. The highest BCUT2D eigenvalue weighted by atomic mass is 16.5. The van der Waals surface area contributed by atoms with Gasteiger partial charge in [-0.05, 0) is 19.5 Å². The minimum absolute atomic E-state index is 0.267. The maximum atomic E-state index is 10.0. The normalized spacial score (nSPS) is 20.7. The number of phenols is 1. The monoisotopic (exact) mass is 236 g/mol. The highest BCUT2D eigenvalue weighted by molar-refractivity contribution is 5.45. The van der Waals surface area contributed by atoms with E-state index in [4.69, 9.17) is 4.74 Å². The molecule has 1 atom stereocenters. The summed E-state index contributed by atoms with van der Waals surface area (Å²) in [6.07, 6.45) is 1.17. The molecule has 2 rings (SSSR count). The summed E-state index contributed by atoms with van der Waals surface area (Å²) in [6.45, 7) is 2.89. The van der Waals surface area contributed by atoms with Gasteiger partial charge in [0.05, 0.1) is 7.11 Å². The topological polar surface area (TPSA) is 44.7 Å². The molecule has 0 radical (unpaired) electrons. The van der Waals surface area contributed by atoms with Crippen molar-refractivity contribution in [3.8, 4) is 11.5 Å². The third-order valence-corrected chi connectivity index (χ3v) is 3.38. The molecular weight excluding hydrogens is 216 g/mol.